The summed E-state index contributed by atoms with van der Waals surface area (Å²) < 4.78 is 5.58. The van der Waals surface area contributed by atoms with Crippen LogP contribution in [0.15, 0.2) is 48.5 Å². The molecule has 0 bridgehead atoms. The minimum absolute atomic E-state index is 0.0244. The van der Waals surface area contributed by atoms with Crippen LogP contribution in [0.25, 0.3) is 11.1 Å². The number of alkyl carbamates (subject to hydrolysis) is 1. The third-order valence-corrected chi connectivity index (χ3v) is 6.99. The summed E-state index contributed by atoms with van der Waals surface area (Å²) in [7, 11) is 0. The van der Waals surface area contributed by atoms with Crippen molar-refractivity contribution in [1.29, 1.82) is 0 Å². The van der Waals surface area contributed by atoms with Gasteiger partial charge < -0.3 is 25.6 Å². The van der Waals surface area contributed by atoms with Crippen LogP contribution in [0.4, 0.5) is 4.79 Å². The molecule has 34 heavy (non-hydrogen) atoms. The van der Waals surface area contributed by atoms with Crippen molar-refractivity contribution in [2.75, 3.05) is 19.7 Å². The van der Waals surface area contributed by atoms with Gasteiger partial charge in [-0.25, -0.2) is 9.59 Å². The maximum atomic E-state index is 12.5. The molecule has 1 unspecified atom stereocenters. The fourth-order valence-electron chi connectivity index (χ4n) is 4.75. The molecule has 1 atom stereocenters. The molecule has 0 spiro atoms. The van der Waals surface area contributed by atoms with Crippen molar-refractivity contribution in [1.82, 2.24) is 10.6 Å². The molecule has 2 aromatic carbocycles. The second-order valence-electron chi connectivity index (χ2n) is 9.57. The molecule has 0 heterocycles. The van der Waals surface area contributed by atoms with Crippen molar-refractivity contribution in [3.8, 4) is 11.1 Å². The van der Waals surface area contributed by atoms with E-state index in [2.05, 4.69) is 34.9 Å². The second-order valence-corrected chi connectivity index (χ2v) is 9.57. The van der Waals surface area contributed by atoms with Gasteiger partial charge in [0.15, 0.2) is 5.60 Å². The summed E-state index contributed by atoms with van der Waals surface area (Å²) in [5, 5.41) is 24.0. The number of benzene rings is 2. The van der Waals surface area contributed by atoms with E-state index in [0.717, 1.165) is 48.4 Å². The molecule has 2 aliphatic carbocycles. The van der Waals surface area contributed by atoms with Crippen LogP contribution >= 0.6 is 0 Å². The first-order valence-corrected chi connectivity index (χ1v) is 11.5. The number of amides is 2. The number of nitrogens with one attached hydrogen (secondary N) is 2. The minimum atomic E-state index is -2.03. The largest absolute Gasteiger partial charge is 0.479 e. The van der Waals surface area contributed by atoms with E-state index < -0.39 is 17.7 Å². The monoisotopic (exact) mass is 466 g/mol. The lowest BCUT2D eigenvalue weighted by molar-refractivity contribution is -0.156. The number of carbonyl (C=O) groups excluding carboxylic acids is 2. The summed E-state index contributed by atoms with van der Waals surface area (Å²) in [6.45, 7) is 1.27. The van der Waals surface area contributed by atoms with Gasteiger partial charge in [-0.1, -0.05) is 55.0 Å². The van der Waals surface area contributed by atoms with E-state index in [1.54, 1.807) is 0 Å². The quantitative estimate of drug-likeness (QED) is 0.450. The molecular weight excluding hydrogens is 436 g/mol. The molecule has 0 radical (unpaired) electrons. The number of aliphatic hydroxyl groups is 1. The molecule has 1 fully saturated rings. The third kappa shape index (κ3) is 4.92. The standard InChI is InChI=1S/C26H30N2O6/c1-25(33,23(30)31)15-27-22(29)13-26(11-6-12-26)16-28-24(32)34-14-21-19-9-4-2-7-17(19)18-8-3-5-10-20(18)21/h2-5,7-10,21,33H,6,11-16H2,1H3,(H,27,29)(H,28,32)(H,30,31). The van der Waals surface area contributed by atoms with Gasteiger partial charge in [0.25, 0.3) is 0 Å². The summed E-state index contributed by atoms with van der Waals surface area (Å²) >= 11 is 0. The van der Waals surface area contributed by atoms with E-state index in [1.807, 2.05) is 24.3 Å². The Morgan fingerprint density at radius 2 is 1.62 bits per heavy atom. The molecule has 8 nitrogen and oxygen atoms in total. The van der Waals surface area contributed by atoms with Gasteiger partial charge in [-0.05, 0) is 47.4 Å². The molecule has 0 aromatic heterocycles. The summed E-state index contributed by atoms with van der Waals surface area (Å²) in [4.78, 5) is 35.8. The smallest absolute Gasteiger partial charge is 0.407 e. The lowest BCUT2D eigenvalue weighted by Gasteiger charge is -2.41. The van der Waals surface area contributed by atoms with Gasteiger partial charge in [0, 0.05) is 18.9 Å². The van der Waals surface area contributed by atoms with Crippen molar-refractivity contribution in [2.24, 2.45) is 5.41 Å². The van der Waals surface area contributed by atoms with Crippen LogP contribution in [0.5, 0.6) is 0 Å². The van der Waals surface area contributed by atoms with Crippen molar-refractivity contribution in [3.63, 3.8) is 0 Å². The molecule has 180 valence electrons. The van der Waals surface area contributed by atoms with Gasteiger partial charge in [-0.15, -0.1) is 0 Å². The average Bonchev–Trinajstić information content (AvgIpc) is 3.11. The van der Waals surface area contributed by atoms with Crippen LogP contribution in [0.3, 0.4) is 0 Å². The first-order chi connectivity index (χ1) is 16.2. The van der Waals surface area contributed by atoms with E-state index in [-0.39, 0.29) is 36.8 Å². The molecule has 0 aliphatic heterocycles. The fraction of sp³-hybridized carbons (Fsp3) is 0.423. The molecule has 2 aromatic rings. The van der Waals surface area contributed by atoms with E-state index in [1.165, 1.54) is 0 Å². The van der Waals surface area contributed by atoms with Crippen LogP contribution in [-0.4, -0.2) is 53.5 Å². The third-order valence-electron chi connectivity index (χ3n) is 6.99. The van der Waals surface area contributed by atoms with E-state index in [4.69, 9.17) is 9.84 Å². The van der Waals surface area contributed by atoms with E-state index in [9.17, 15) is 19.5 Å². The normalized spacial score (nSPS) is 17.5. The SMILES string of the molecule is CC(O)(CNC(=O)CC1(CNC(=O)OCC2c3ccccc3-c3ccccc32)CCC1)C(=O)O. The van der Waals surface area contributed by atoms with Crippen molar-refractivity contribution in [3.05, 3.63) is 59.7 Å². The summed E-state index contributed by atoms with van der Waals surface area (Å²) in [5.74, 6) is -1.78. The molecule has 2 amide bonds. The maximum Gasteiger partial charge on any atom is 0.407 e. The molecule has 0 saturated heterocycles. The van der Waals surface area contributed by atoms with Crippen molar-refractivity contribution < 1.29 is 29.3 Å². The van der Waals surface area contributed by atoms with Crippen LogP contribution in [-0.2, 0) is 14.3 Å². The molecule has 4 rings (SSSR count). The number of fused-ring (bicyclic) bond motifs is 3. The van der Waals surface area contributed by atoms with Crippen LogP contribution in [0.1, 0.15) is 49.7 Å². The molecule has 2 aliphatic rings. The highest BCUT2D eigenvalue weighted by molar-refractivity contribution is 5.81. The number of hydrogen-bond donors (Lipinski definition) is 4. The topological polar surface area (TPSA) is 125 Å². The number of carbonyl (C=O) groups is 3. The molecular formula is C26H30N2O6. The van der Waals surface area contributed by atoms with Gasteiger partial charge in [0.2, 0.25) is 5.91 Å². The predicted octanol–water partition coefficient (Wildman–Crippen LogP) is 3.04. The molecule has 8 heteroatoms. The number of hydrogen-bond acceptors (Lipinski definition) is 5. The van der Waals surface area contributed by atoms with Crippen molar-refractivity contribution in [2.45, 2.75) is 44.1 Å². The lowest BCUT2D eigenvalue weighted by atomic mass is 9.66. The maximum absolute atomic E-state index is 12.5. The second kappa shape index (κ2) is 9.46. The highest BCUT2D eigenvalue weighted by Gasteiger charge is 2.40. The summed E-state index contributed by atoms with van der Waals surface area (Å²) in [6, 6.07) is 16.3. The zero-order valence-corrected chi connectivity index (χ0v) is 19.2. The Labute approximate surface area is 198 Å². The van der Waals surface area contributed by atoms with Crippen LogP contribution in [0.2, 0.25) is 0 Å². The Balaban J connectivity index is 1.29. The zero-order chi connectivity index (χ0) is 24.3. The van der Waals surface area contributed by atoms with E-state index in [0.29, 0.717) is 6.54 Å². The lowest BCUT2D eigenvalue weighted by Crippen LogP contribution is -2.49. The highest BCUT2D eigenvalue weighted by Crippen LogP contribution is 2.45. The van der Waals surface area contributed by atoms with Gasteiger partial charge in [-0.3, -0.25) is 4.79 Å². The molecule has 1 saturated carbocycles. The number of ether oxygens (including phenoxy) is 1. The number of carboxylic acid groups (broad SMARTS) is 1. The first kappa shape index (κ1) is 23.8. The van der Waals surface area contributed by atoms with Gasteiger partial charge in [0.1, 0.15) is 6.61 Å². The van der Waals surface area contributed by atoms with E-state index >= 15 is 0 Å². The van der Waals surface area contributed by atoms with Gasteiger partial charge >= 0.3 is 12.1 Å². The number of rotatable bonds is 9. The number of aliphatic carboxylic acids is 1. The predicted molar refractivity (Wildman–Crippen MR) is 125 cm³/mol. The Kier molecular flexibility index (Phi) is 6.61. The van der Waals surface area contributed by atoms with Crippen molar-refractivity contribution >= 4 is 18.0 Å². The minimum Gasteiger partial charge on any atom is -0.479 e. The first-order valence-electron chi connectivity index (χ1n) is 11.5. The Bertz CT molecular complexity index is 1050. The fourth-order valence-corrected chi connectivity index (χ4v) is 4.75. The molecule has 4 N–H and O–H groups in total. The van der Waals surface area contributed by atoms with Crippen LogP contribution in [0, 0.1) is 5.41 Å². The highest BCUT2D eigenvalue weighted by atomic mass is 16.5. The summed E-state index contributed by atoms with van der Waals surface area (Å²) in [5.41, 5.74) is 2.19. The summed E-state index contributed by atoms with van der Waals surface area (Å²) in [6.07, 6.45) is 2.12. The Morgan fingerprint density at radius 1 is 1.03 bits per heavy atom. The van der Waals surface area contributed by atoms with Gasteiger partial charge in [0.05, 0.1) is 6.54 Å². The Hall–Kier alpha value is -3.39. The zero-order valence-electron chi connectivity index (χ0n) is 19.2. The Morgan fingerprint density at radius 3 is 2.15 bits per heavy atom. The average molecular weight is 467 g/mol. The number of carboxylic acids is 1. The van der Waals surface area contributed by atoms with Gasteiger partial charge in [-0.2, -0.15) is 0 Å². The van der Waals surface area contributed by atoms with Crippen LogP contribution < -0.4 is 10.6 Å².